The summed E-state index contributed by atoms with van der Waals surface area (Å²) in [4.78, 5) is 0. The molecule has 0 N–H and O–H groups in total. The van der Waals surface area contributed by atoms with Gasteiger partial charge in [0.25, 0.3) is 0 Å². The predicted octanol–water partition coefficient (Wildman–Crippen LogP) is 10.3. The predicted molar refractivity (Wildman–Crippen MR) is 136 cm³/mol. The largest absolute Gasteiger partial charge is 0.429 e. The van der Waals surface area contributed by atoms with Gasteiger partial charge in [-0.05, 0) is 98.1 Å². The average Bonchev–Trinajstić information content (AvgIpc) is 2.88. The topological polar surface area (TPSA) is 9.23 Å². The molecular weight excluding hydrogens is 502 g/mol. The molecule has 2 aliphatic carbocycles. The van der Waals surface area contributed by atoms with Crippen LogP contribution in [-0.2, 0) is 18.7 Å². The molecule has 0 spiro atoms. The molecule has 2 aromatic carbocycles. The molecule has 0 unspecified atom stereocenters. The van der Waals surface area contributed by atoms with Crippen LogP contribution in [-0.4, -0.2) is 0 Å². The van der Waals surface area contributed by atoms with Gasteiger partial charge in [-0.15, -0.1) is 0 Å². The Balaban J connectivity index is 1.22. The number of hydrogen-bond acceptors (Lipinski definition) is 1. The second kappa shape index (κ2) is 12.3. The minimum Gasteiger partial charge on any atom is -0.429 e. The van der Waals surface area contributed by atoms with Gasteiger partial charge in [0, 0.05) is 0 Å². The number of benzene rings is 2. The highest BCUT2D eigenvalue weighted by Crippen LogP contribution is 2.43. The molecule has 0 aliphatic heterocycles. The zero-order valence-corrected chi connectivity index (χ0v) is 22.0. The Labute approximate surface area is 222 Å². The van der Waals surface area contributed by atoms with Crippen molar-refractivity contribution in [1.29, 1.82) is 0 Å². The lowest BCUT2D eigenvalue weighted by atomic mass is 9.68. The first-order valence-electron chi connectivity index (χ1n) is 14.1. The molecule has 0 atom stereocenters. The molecule has 1 nitrogen and oxygen atoms in total. The molecule has 0 saturated heterocycles. The Hall–Kier alpha value is -2.18. The van der Waals surface area contributed by atoms with Crippen LogP contribution >= 0.6 is 0 Å². The fourth-order valence-electron chi connectivity index (χ4n) is 6.53. The summed E-state index contributed by atoms with van der Waals surface area (Å²) in [7, 11) is 0. The van der Waals surface area contributed by atoms with Crippen LogP contribution in [0.5, 0.6) is 5.75 Å². The zero-order valence-electron chi connectivity index (χ0n) is 22.0. The van der Waals surface area contributed by atoms with Crippen LogP contribution in [0.2, 0.25) is 0 Å². The summed E-state index contributed by atoms with van der Waals surface area (Å²) in [5, 5.41) is 0. The monoisotopic (exact) mass is 540 g/mol. The second-order valence-electron chi connectivity index (χ2n) is 11.3. The van der Waals surface area contributed by atoms with E-state index in [1.165, 1.54) is 76.3 Å². The van der Waals surface area contributed by atoms with E-state index < -0.39 is 29.2 Å². The number of halogens is 6. The van der Waals surface area contributed by atoms with E-state index in [2.05, 4.69) is 6.92 Å². The molecule has 7 heteroatoms. The molecule has 0 bridgehead atoms. The van der Waals surface area contributed by atoms with Crippen molar-refractivity contribution in [2.75, 3.05) is 0 Å². The Kier molecular flexibility index (Phi) is 9.36. The number of rotatable bonds is 9. The standard InChI is InChI=1S/C31H38F6O/c1-2-3-21-6-12-24(13-7-21)25-14-8-22(9-15-25)4-5-23-10-17-27(18-11-23)38-31(36,37)26-16-19-28(29(32)20-26)30(33,34)35/h10-11,16-22,24-25H,2-9,12-15H2,1H3. The van der Waals surface area contributed by atoms with Crippen molar-refractivity contribution >= 4 is 0 Å². The summed E-state index contributed by atoms with van der Waals surface area (Å²) < 4.78 is 85.6. The van der Waals surface area contributed by atoms with E-state index in [-0.39, 0.29) is 11.8 Å². The van der Waals surface area contributed by atoms with Crippen molar-refractivity contribution in [1.82, 2.24) is 0 Å². The molecule has 38 heavy (non-hydrogen) atoms. The third kappa shape index (κ3) is 7.47. The summed E-state index contributed by atoms with van der Waals surface area (Å²) in [5.41, 5.74) is -1.54. The average molecular weight is 541 g/mol. The summed E-state index contributed by atoms with van der Waals surface area (Å²) in [6, 6.07) is 7.33. The zero-order chi connectivity index (χ0) is 27.3. The molecule has 2 aliphatic rings. The van der Waals surface area contributed by atoms with Gasteiger partial charge in [-0.2, -0.15) is 22.0 Å². The van der Waals surface area contributed by atoms with E-state index in [0.717, 1.165) is 36.2 Å². The molecular formula is C31H38F6O. The van der Waals surface area contributed by atoms with Crippen molar-refractivity contribution in [2.24, 2.45) is 23.7 Å². The molecule has 2 saturated carbocycles. The normalized spacial score (nSPS) is 24.8. The Bertz CT molecular complexity index is 1020. The molecule has 0 radical (unpaired) electrons. The fraction of sp³-hybridized carbons (Fsp3) is 0.613. The van der Waals surface area contributed by atoms with Gasteiger partial charge in [0.15, 0.2) is 0 Å². The van der Waals surface area contributed by atoms with Crippen LogP contribution in [0.15, 0.2) is 42.5 Å². The molecule has 0 amide bonds. The van der Waals surface area contributed by atoms with Crippen LogP contribution in [0.25, 0.3) is 0 Å². The third-order valence-corrected chi connectivity index (χ3v) is 8.77. The minimum atomic E-state index is -4.96. The summed E-state index contributed by atoms with van der Waals surface area (Å²) in [6.07, 6.45) is 6.46. The van der Waals surface area contributed by atoms with Crippen molar-refractivity contribution in [3.05, 3.63) is 65.0 Å². The highest BCUT2D eigenvalue weighted by molar-refractivity contribution is 5.31. The molecule has 0 aromatic heterocycles. The Morgan fingerprint density at radius 3 is 1.79 bits per heavy atom. The van der Waals surface area contributed by atoms with Gasteiger partial charge >= 0.3 is 12.3 Å². The molecule has 0 heterocycles. The maximum atomic E-state index is 14.5. The second-order valence-corrected chi connectivity index (χ2v) is 11.3. The van der Waals surface area contributed by atoms with Gasteiger partial charge in [-0.25, -0.2) is 4.39 Å². The Morgan fingerprint density at radius 1 is 0.737 bits per heavy atom. The molecule has 210 valence electrons. The van der Waals surface area contributed by atoms with Crippen molar-refractivity contribution in [2.45, 2.75) is 96.3 Å². The highest BCUT2D eigenvalue weighted by Gasteiger charge is 2.39. The van der Waals surface area contributed by atoms with Gasteiger partial charge in [0.1, 0.15) is 11.6 Å². The van der Waals surface area contributed by atoms with Crippen molar-refractivity contribution < 1.29 is 31.1 Å². The maximum Gasteiger partial charge on any atom is 0.426 e. The number of aryl methyl sites for hydroxylation is 1. The highest BCUT2D eigenvalue weighted by atomic mass is 19.4. The van der Waals surface area contributed by atoms with Gasteiger partial charge in [-0.1, -0.05) is 57.6 Å². The van der Waals surface area contributed by atoms with Gasteiger partial charge in [0.2, 0.25) is 0 Å². The van der Waals surface area contributed by atoms with Gasteiger partial charge in [0.05, 0.1) is 11.1 Å². The lowest BCUT2D eigenvalue weighted by Gasteiger charge is -2.38. The SMILES string of the molecule is CCCC1CCC(C2CCC(CCc3ccc(OC(F)(F)c4ccc(C(F)(F)F)c(F)c4)cc3)CC2)CC1. The third-order valence-electron chi connectivity index (χ3n) is 8.77. The fourth-order valence-corrected chi connectivity index (χ4v) is 6.53. The van der Waals surface area contributed by atoms with Crippen LogP contribution in [0, 0.1) is 29.5 Å². The maximum absolute atomic E-state index is 14.5. The first-order valence-corrected chi connectivity index (χ1v) is 14.1. The lowest BCUT2D eigenvalue weighted by molar-refractivity contribution is -0.186. The van der Waals surface area contributed by atoms with E-state index in [9.17, 15) is 26.3 Å². The van der Waals surface area contributed by atoms with E-state index in [4.69, 9.17) is 4.74 Å². The van der Waals surface area contributed by atoms with Gasteiger partial charge in [-0.3, -0.25) is 0 Å². The van der Waals surface area contributed by atoms with E-state index in [1.807, 2.05) is 0 Å². The van der Waals surface area contributed by atoms with Crippen LogP contribution in [0.4, 0.5) is 26.3 Å². The molecule has 2 aromatic rings. The van der Waals surface area contributed by atoms with E-state index in [0.29, 0.717) is 18.1 Å². The lowest BCUT2D eigenvalue weighted by Crippen LogP contribution is -2.26. The number of ether oxygens (including phenoxy) is 1. The molecule has 4 rings (SSSR count). The van der Waals surface area contributed by atoms with E-state index in [1.54, 1.807) is 12.1 Å². The van der Waals surface area contributed by atoms with Crippen molar-refractivity contribution in [3.8, 4) is 5.75 Å². The van der Waals surface area contributed by atoms with Crippen LogP contribution in [0.3, 0.4) is 0 Å². The van der Waals surface area contributed by atoms with Crippen molar-refractivity contribution in [3.63, 3.8) is 0 Å². The summed E-state index contributed by atoms with van der Waals surface area (Å²) >= 11 is 0. The number of hydrogen-bond donors (Lipinski definition) is 0. The van der Waals surface area contributed by atoms with Crippen LogP contribution in [0.1, 0.15) is 94.2 Å². The quantitative estimate of drug-likeness (QED) is 0.288. The van der Waals surface area contributed by atoms with E-state index >= 15 is 0 Å². The first-order chi connectivity index (χ1) is 18.0. The smallest absolute Gasteiger partial charge is 0.426 e. The first kappa shape index (κ1) is 28.8. The number of alkyl halides is 5. The summed E-state index contributed by atoms with van der Waals surface area (Å²) in [5.74, 6) is 1.54. The molecule has 2 fully saturated rings. The summed E-state index contributed by atoms with van der Waals surface area (Å²) in [6.45, 7) is 2.28. The van der Waals surface area contributed by atoms with Crippen LogP contribution < -0.4 is 4.74 Å². The minimum absolute atomic E-state index is 0.131. The van der Waals surface area contributed by atoms with Gasteiger partial charge < -0.3 is 4.74 Å². The Morgan fingerprint density at radius 2 is 1.29 bits per heavy atom.